The van der Waals surface area contributed by atoms with Gasteiger partial charge in [-0.1, -0.05) is 18.2 Å². The molecule has 2 N–H and O–H groups in total. The number of nitrogens with one attached hydrogen (secondary N) is 2. The quantitative estimate of drug-likeness (QED) is 0.471. The maximum Gasteiger partial charge on any atom is 0.253 e. The Hall–Kier alpha value is -1.89. The number of carbonyl (C=O) groups is 1. The molecule has 2 heterocycles. The number of amides is 1. The predicted octanol–water partition coefficient (Wildman–Crippen LogP) is 5.70. The van der Waals surface area contributed by atoms with E-state index in [0.29, 0.717) is 11.6 Å². The number of pyridine rings is 2. The molecule has 1 saturated carbocycles. The Labute approximate surface area is 197 Å². The summed E-state index contributed by atoms with van der Waals surface area (Å²) in [6.45, 7) is 2.12. The van der Waals surface area contributed by atoms with Crippen LogP contribution in [0.2, 0.25) is 0 Å². The van der Waals surface area contributed by atoms with Gasteiger partial charge in [-0.15, -0.1) is 24.8 Å². The second kappa shape index (κ2) is 10.9. The van der Waals surface area contributed by atoms with Crippen molar-refractivity contribution in [1.29, 1.82) is 0 Å². The van der Waals surface area contributed by atoms with Gasteiger partial charge in [0.15, 0.2) is 0 Å². The van der Waals surface area contributed by atoms with Gasteiger partial charge in [0.05, 0.1) is 11.1 Å². The molecule has 2 aromatic heterocycles. The van der Waals surface area contributed by atoms with Gasteiger partial charge in [0, 0.05) is 34.3 Å². The standard InChI is InChI=1S/C22H23BrN4O.2ClH/c1-14-10-21(27-20-5-3-2-4-19(14)20)25-17-6-8-18(9-7-17)26-22(28)15-11-16(23)13-24-12-15;;/h2-5,10-13,17-18H,6-9H2,1H3,(H,25,27)(H,26,28);2*1H/t17-,18+;;. The highest BCUT2D eigenvalue weighted by atomic mass is 79.9. The van der Waals surface area contributed by atoms with Crippen LogP contribution >= 0.6 is 40.7 Å². The lowest BCUT2D eigenvalue weighted by Gasteiger charge is -2.30. The van der Waals surface area contributed by atoms with E-state index in [1.165, 1.54) is 10.9 Å². The van der Waals surface area contributed by atoms with Crippen LogP contribution in [0.1, 0.15) is 41.6 Å². The highest BCUT2D eigenvalue weighted by Gasteiger charge is 2.23. The van der Waals surface area contributed by atoms with E-state index in [4.69, 9.17) is 4.98 Å². The molecule has 4 rings (SSSR count). The summed E-state index contributed by atoms with van der Waals surface area (Å²) < 4.78 is 0.811. The molecule has 0 bridgehead atoms. The van der Waals surface area contributed by atoms with Gasteiger partial charge < -0.3 is 10.6 Å². The highest BCUT2D eigenvalue weighted by molar-refractivity contribution is 9.10. The summed E-state index contributed by atoms with van der Waals surface area (Å²) in [6, 6.07) is 12.7. The van der Waals surface area contributed by atoms with Crippen LogP contribution in [0.4, 0.5) is 5.82 Å². The maximum absolute atomic E-state index is 12.4. The zero-order valence-corrected chi connectivity index (χ0v) is 19.8. The molecule has 0 spiro atoms. The van der Waals surface area contributed by atoms with Crippen molar-refractivity contribution < 1.29 is 4.79 Å². The topological polar surface area (TPSA) is 66.9 Å². The van der Waals surface area contributed by atoms with E-state index in [9.17, 15) is 4.79 Å². The molecule has 1 aromatic carbocycles. The fourth-order valence-electron chi connectivity index (χ4n) is 3.82. The van der Waals surface area contributed by atoms with Crippen molar-refractivity contribution in [2.45, 2.75) is 44.7 Å². The van der Waals surface area contributed by atoms with Crippen LogP contribution in [0.5, 0.6) is 0 Å². The third kappa shape index (κ3) is 5.84. The molecule has 8 heteroatoms. The van der Waals surface area contributed by atoms with Gasteiger partial charge in [-0.2, -0.15) is 0 Å². The predicted molar refractivity (Wildman–Crippen MR) is 130 cm³/mol. The summed E-state index contributed by atoms with van der Waals surface area (Å²) >= 11 is 3.36. The van der Waals surface area contributed by atoms with Crippen molar-refractivity contribution in [2.75, 3.05) is 5.32 Å². The molecular weight excluding hydrogens is 487 g/mol. The summed E-state index contributed by atoms with van der Waals surface area (Å²) in [6.07, 6.45) is 7.20. The molecule has 160 valence electrons. The molecule has 1 fully saturated rings. The first kappa shape index (κ1) is 24.4. The second-order valence-corrected chi connectivity index (χ2v) is 8.32. The van der Waals surface area contributed by atoms with Gasteiger partial charge in [0.1, 0.15) is 5.82 Å². The lowest BCUT2D eigenvalue weighted by atomic mass is 9.91. The third-order valence-electron chi connectivity index (χ3n) is 5.30. The van der Waals surface area contributed by atoms with E-state index in [1.54, 1.807) is 18.5 Å². The number of aromatic nitrogens is 2. The number of rotatable bonds is 4. The average Bonchev–Trinajstić information content (AvgIpc) is 2.69. The summed E-state index contributed by atoms with van der Waals surface area (Å²) in [7, 11) is 0. The minimum atomic E-state index is -0.0583. The van der Waals surface area contributed by atoms with Crippen LogP contribution in [0, 0.1) is 6.92 Å². The SMILES string of the molecule is Cc1cc(N[C@H]2CC[C@@H](NC(=O)c3cncc(Br)c3)CC2)nc2ccccc12.Cl.Cl. The van der Waals surface area contributed by atoms with Crippen LogP contribution in [0.25, 0.3) is 10.9 Å². The van der Waals surface area contributed by atoms with Crippen molar-refractivity contribution in [3.63, 3.8) is 0 Å². The fourth-order valence-corrected chi connectivity index (χ4v) is 4.18. The summed E-state index contributed by atoms with van der Waals surface area (Å²) in [4.78, 5) is 21.2. The number of hydrogen-bond donors (Lipinski definition) is 2. The number of carbonyl (C=O) groups excluding carboxylic acids is 1. The Morgan fingerprint density at radius 3 is 2.47 bits per heavy atom. The van der Waals surface area contributed by atoms with Crippen molar-refractivity contribution in [1.82, 2.24) is 15.3 Å². The Morgan fingerprint density at radius 2 is 1.73 bits per heavy atom. The second-order valence-electron chi connectivity index (χ2n) is 7.40. The molecule has 0 radical (unpaired) electrons. The van der Waals surface area contributed by atoms with E-state index >= 15 is 0 Å². The fraction of sp³-hybridized carbons (Fsp3) is 0.318. The van der Waals surface area contributed by atoms with Crippen LogP contribution in [0.3, 0.4) is 0 Å². The van der Waals surface area contributed by atoms with E-state index in [2.05, 4.69) is 56.7 Å². The lowest BCUT2D eigenvalue weighted by molar-refractivity contribution is 0.0926. The lowest BCUT2D eigenvalue weighted by Crippen LogP contribution is -2.40. The minimum Gasteiger partial charge on any atom is -0.367 e. The van der Waals surface area contributed by atoms with Crippen LogP contribution in [-0.2, 0) is 0 Å². The van der Waals surface area contributed by atoms with E-state index in [0.717, 1.165) is 41.5 Å². The van der Waals surface area contributed by atoms with Gasteiger partial charge in [0.25, 0.3) is 5.91 Å². The maximum atomic E-state index is 12.4. The normalized spacial score (nSPS) is 18.1. The Morgan fingerprint density at radius 1 is 1.03 bits per heavy atom. The first-order valence-electron chi connectivity index (χ1n) is 9.63. The van der Waals surface area contributed by atoms with Gasteiger partial charge in [0.2, 0.25) is 0 Å². The molecule has 30 heavy (non-hydrogen) atoms. The number of benzene rings is 1. The van der Waals surface area contributed by atoms with Gasteiger partial charge in [-0.05, 0) is 72.3 Å². The molecule has 0 saturated heterocycles. The number of halogens is 3. The monoisotopic (exact) mass is 510 g/mol. The minimum absolute atomic E-state index is 0. The number of anilines is 1. The van der Waals surface area contributed by atoms with Crippen molar-refractivity contribution in [3.05, 3.63) is 64.4 Å². The smallest absolute Gasteiger partial charge is 0.253 e. The number of fused-ring (bicyclic) bond motifs is 1. The molecule has 1 aliphatic rings. The summed E-state index contributed by atoms with van der Waals surface area (Å²) in [5.74, 6) is 0.876. The Kier molecular flexibility index (Phi) is 8.89. The first-order valence-corrected chi connectivity index (χ1v) is 10.4. The van der Waals surface area contributed by atoms with Crippen molar-refractivity contribution in [3.8, 4) is 0 Å². The Bertz CT molecular complexity index is 1010. The molecular formula is C22H25BrCl2N4O. The molecule has 3 aromatic rings. The first-order chi connectivity index (χ1) is 13.6. The molecule has 0 unspecified atom stereocenters. The third-order valence-corrected chi connectivity index (χ3v) is 5.74. The zero-order chi connectivity index (χ0) is 19.5. The van der Waals surface area contributed by atoms with Gasteiger partial charge >= 0.3 is 0 Å². The highest BCUT2D eigenvalue weighted by Crippen LogP contribution is 2.25. The summed E-state index contributed by atoms with van der Waals surface area (Å²) in [5.41, 5.74) is 2.84. The van der Waals surface area contributed by atoms with Gasteiger partial charge in [-0.25, -0.2) is 4.98 Å². The number of nitrogens with zero attached hydrogens (tertiary/aromatic N) is 2. The zero-order valence-electron chi connectivity index (χ0n) is 16.6. The number of aryl methyl sites for hydroxylation is 1. The molecule has 0 atom stereocenters. The average molecular weight is 512 g/mol. The molecule has 1 aliphatic carbocycles. The molecule has 0 aliphatic heterocycles. The van der Waals surface area contributed by atoms with Gasteiger partial charge in [-0.3, -0.25) is 9.78 Å². The van der Waals surface area contributed by atoms with Crippen molar-refractivity contribution >= 4 is 63.4 Å². The summed E-state index contributed by atoms with van der Waals surface area (Å²) in [5, 5.41) is 7.92. The number of para-hydroxylation sites is 1. The largest absolute Gasteiger partial charge is 0.367 e. The van der Waals surface area contributed by atoms with Crippen LogP contribution in [-0.4, -0.2) is 28.0 Å². The van der Waals surface area contributed by atoms with Crippen LogP contribution < -0.4 is 10.6 Å². The Balaban J connectivity index is 0.00000160. The molecule has 5 nitrogen and oxygen atoms in total. The van der Waals surface area contributed by atoms with Crippen molar-refractivity contribution in [2.24, 2.45) is 0 Å². The van der Waals surface area contributed by atoms with Crippen LogP contribution in [0.15, 0.2) is 53.3 Å². The molecule has 1 amide bonds. The van der Waals surface area contributed by atoms with E-state index in [-0.39, 0.29) is 36.8 Å². The van der Waals surface area contributed by atoms with E-state index < -0.39 is 0 Å². The van der Waals surface area contributed by atoms with E-state index in [1.807, 2.05) is 12.1 Å². The number of hydrogen-bond acceptors (Lipinski definition) is 4.